The summed E-state index contributed by atoms with van der Waals surface area (Å²) in [6, 6.07) is 6.37. The molecule has 4 N–H and O–H groups in total. The average Bonchev–Trinajstić information content (AvgIpc) is 3.36. The Morgan fingerprint density at radius 1 is 0.840 bits per heavy atom. The van der Waals surface area contributed by atoms with E-state index >= 15 is 0 Å². The fraction of sp³-hybridized carbons (Fsp3) is 0.684. The number of aliphatic carboxylic acids is 1. The van der Waals surface area contributed by atoms with Gasteiger partial charge in [-0.3, -0.25) is 24.6 Å². The number of amides is 2. The van der Waals surface area contributed by atoms with Gasteiger partial charge in [-0.15, -0.1) is 0 Å². The van der Waals surface area contributed by atoms with E-state index in [4.69, 9.17) is 15.3 Å². The molecule has 1 aromatic carbocycles. The highest BCUT2D eigenvalue weighted by Gasteiger charge is 2.40. The number of carboxylic acids is 1. The minimum Gasteiger partial charge on any atom is -0.481 e. The Balaban J connectivity index is 1.99. The van der Waals surface area contributed by atoms with Gasteiger partial charge < -0.3 is 25.4 Å². The van der Waals surface area contributed by atoms with E-state index in [1.54, 1.807) is 45.0 Å². The third-order valence-corrected chi connectivity index (χ3v) is 9.85. The predicted molar refractivity (Wildman–Crippen MR) is 202 cm³/mol. The van der Waals surface area contributed by atoms with Crippen molar-refractivity contribution in [3.05, 3.63) is 35.4 Å². The van der Waals surface area contributed by atoms with Crippen molar-refractivity contribution in [2.45, 2.75) is 148 Å². The summed E-state index contributed by atoms with van der Waals surface area (Å²) in [5.74, 6) is -1.74. The molecule has 0 saturated carbocycles. The van der Waals surface area contributed by atoms with Gasteiger partial charge in [0.2, 0.25) is 5.91 Å². The van der Waals surface area contributed by atoms with Crippen molar-refractivity contribution in [2.24, 2.45) is 4.99 Å². The van der Waals surface area contributed by atoms with Gasteiger partial charge in [-0.25, -0.2) is 0 Å². The molecule has 2 unspecified atom stereocenters. The highest BCUT2D eigenvalue weighted by molar-refractivity contribution is 8.15. The monoisotopic (exact) mass is 715 g/mol. The number of carbonyl (C=O) groups is 4. The number of hydrogen-bond acceptors (Lipinski definition) is 7. The summed E-state index contributed by atoms with van der Waals surface area (Å²) in [4.78, 5) is 56.0. The number of nitrogens with zero attached hydrogens (tertiary/aromatic N) is 2. The lowest BCUT2D eigenvalue weighted by Crippen LogP contribution is -2.43. The minimum atomic E-state index is -0.879. The fourth-order valence-electron chi connectivity index (χ4n) is 5.67. The summed E-state index contributed by atoms with van der Waals surface area (Å²) in [7, 11) is 0. The van der Waals surface area contributed by atoms with Crippen LogP contribution in [0.1, 0.15) is 147 Å². The second-order valence-corrected chi connectivity index (χ2v) is 15.2. The Bertz CT molecular complexity index is 1260. The molecule has 0 bridgehead atoms. The summed E-state index contributed by atoms with van der Waals surface area (Å²) in [5.41, 5.74) is 0.347. The molecule has 0 radical (unpaired) electrons. The third-order valence-electron chi connectivity index (χ3n) is 8.45. The molecule has 0 aliphatic carbocycles. The van der Waals surface area contributed by atoms with Gasteiger partial charge in [0.25, 0.3) is 5.91 Å². The molecule has 2 rings (SSSR count). The van der Waals surface area contributed by atoms with E-state index in [2.05, 4.69) is 27.4 Å². The largest absolute Gasteiger partial charge is 0.481 e. The number of benzene rings is 1. The molecule has 1 aliphatic heterocycles. The van der Waals surface area contributed by atoms with Gasteiger partial charge in [0.1, 0.15) is 16.7 Å². The van der Waals surface area contributed by atoms with Gasteiger partial charge in [0.15, 0.2) is 5.17 Å². The normalized spacial score (nSPS) is 16.7. The Hall–Kier alpha value is -3.41. The molecule has 1 fully saturated rings. The van der Waals surface area contributed by atoms with E-state index in [9.17, 15) is 19.2 Å². The first-order valence-corrected chi connectivity index (χ1v) is 19.4. The standard InChI is InChI=1S/C38H61N5O6S/c1-6-7-8-9-10-11-12-13-14-15-16-17-27-43-28(2)33(36(48)41-26-24-32(46)49-38(3,4)5)50-37(43)42-35(47)30-22-20-29(21-23-30)34(39)40-25-18-19-31(44)45/h20-23,28,33H,6-19,24-27H2,1-5H3,(H2,39,40)(H,41,48)(H,44,45). The van der Waals surface area contributed by atoms with E-state index < -0.39 is 22.7 Å². The lowest BCUT2D eigenvalue weighted by atomic mass is 10.1. The van der Waals surface area contributed by atoms with Gasteiger partial charge in [0.05, 0.1) is 6.42 Å². The van der Waals surface area contributed by atoms with E-state index in [0.29, 0.717) is 35.8 Å². The molecule has 12 heteroatoms. The summed E-state index contributed by atoms with van der Waals surface area (Å²) < 4.78 is 5.35. The van der Waals surface area contributed by atoms with Gasteiger partial charge in [-0.05, 0) is 52.7 Å². The van der Waals surface area contributed by atoms with E-state index in [1.807, 2.05) is 6.92 Å². The smallest absolute Gasteiger partial charge is 0.308 e. The summed E-state index contributed by atoms with van der Waals surface area (Å²) in [5, 5.41) is 22.8. The Morgan fingerprint density at radius 2 is 1.40 bits per heavy atom. The quantitative estimate of drug-likeness (QED) is 0.0394. The number of amidine groups is 2. The van der Waals surface area contributed by atoms with Crippen molar-refractivity contribution < 1.29 is 29.0 Å². The molecule has 0 spiro atoms. The molecule has 0 aromatic heterocycles. The third kappa shape index (κ3) is 17.0. The Labute approximate surface area is 303 Å². The van der Waals surface area contributed by atoms with Crippen LogP contribution in [0.15, 0.2) is 29.3 Å². The number of thioether (sulfide) groups is 1. The number of esters is 1. The maximum Gasteiger partial charge on any atom is 0.308 e. The number of aliphatic imine (C=N–C) groups is 1. The number of rotatable bonds is 23. The second kappa shape index (κ2) is 23.1. The van der Waals surface area contributed by atoms with Gasteiger partial charge >= 0.3 is 11.9 Å². The molecule has 1 saturated heterocycles. The van der Waals surface area contributed by atoms with Crippen molar-refractivity contribution >= 4 is 46.5 Å². The van der Waals surface area contributed by atoms with Crippen LogP contribution in [0, 0.1) is 5.41 Å². The molecular weight excluding hydrogens is 655 g/mol. The zero-order valence-electron chi connectivity index (χ0n) is 31.0. The van der Waals surface area contributed by atoms with E-state index in [1.165, 1.54) is 69.5 Å². The van der Waals surface area contributed by atoms with Crippen LogP contribution in [0.25, 0.3) is 0 Å². The van der Waals surface area contributed by atoms with Crippen LogP contribution >= 0.6 is 11.8 Å². The molecule has 2 amide bonds. The summed E-state index contributed by atoms with van der Waals surface area (Å²) in [6.45, 7) is 10.8. The minimum absolute atomic E-state index is 0.0234. The predicted octanol–water partition coefficient (Wildman–Crippen LogP) is 7.32. The van der Waals surface area contributed by atoms with Crippen LogP contribution in [0.5, 0.6) is 0 Å². The zero-order valence-corrected chi connectivity index (χ0v) is 31.8. The van der Waals surface area contributed by atoms with Crippen LogP contribution in [-0.4, -0.2) is 81.3 Å². The van der Waals surface area contributed by atoms with E-state index in [0.717, 1.165) is 19.3 Å². The maximum atomic E-state index is 13.3. The summed E-state index contributed by atoms with van der Waals surface area (Å²) in [6.07, 6.45) is 15.4. The Kier molecular flexibility index (Phi) is 19.8. The highest BCUT2D eigenvalue weighted by Crippen LogP contribution is 2.33. The average molecular weight is 716 g/mol. The van der Waals surface area contributed by atoms with Crippen molar-refractivity contribution in [3.63, 3.8) is 0 Å². The molecular formula is C38H61N5O6S. The van der Waals surface area contributed by atoms with E-state index in [-0.39, 0.29) is 43.1 Å². The van der Waals surface area contributed by atoms with Crippen LogP contribution in [-0.2, 0) is 19.1 Å². The number of unbranched alkanes of at least 4 members (excludes halogenated alkanes) is 11. The number of ether oxygens (including phenoxy) is 1. The van der Waals surface area contributed by atoms with Crippen LogP contribution in [0.2, 0.25) is 0 Å². The van der Waals surface area contributed by atoms with Crippen LogP contribution < -0.4 is 10.6 Å². The molecule has 1 aromatic rings. The number of carboxylic acid groups (broad SMARTS) is 1. The molecule has 11 nitrogen and oxygen atoms in total. The number of hydrogen-bond donors (Lipinski definition) is 4. The molecule has 1 heterocycles. The fourth-order valence-corrected chi connectivity index (χ4v) is 6.96. The second-order valence-electron chi connectivity index (χ2n) is 14.1. The maximum absolute atomic E-state index is 13.3. The molecule has 2 atom stereocenters. The lowest BCUT2D eigenvalue weighted by molar-refractivity contribution is -0.154. The highest BCUT2D eigenvalue weighted by atomic mass is 32.2. The molecule has 50 heavy (non-hydrogen) atoms. The zero-order chi connectivity index (χ0) is 36.9. The SMILES string of the molecule is CCCCCCCCCCCCCCN1C(=NC(=O)c2ccc(C(=N)NCCCC(=O)O)cc2)SC(C(=O)NCCC(=O)OC(C)(C)C)C1C. The first-order valence-electron chi connectivity index (χ1n) is 18.5. The lowest BCUT2D eigenvalue weighted by Gasteiger charge is -2.25. The Morgan fingerprint density at radius 3 is 1.96 bits per heavy atom. The van der Waals surface area contributed by atoms with Gasteiger partial charge in [-0.2, -0.15) is 4.99 Å². The van der Waals surface area contributed by atoms with Crippen LogP contribution in [0.3, 0.4) is 0 Å². The van der Waals surface area contributed by atoms with Crippen molar-refractivity contribution in [2.75, 3.05) is 19.6 Å². The topological polar surface area (TPSA) is 161 Å². The van der Waals surface area contributed by atoms with Crippen molar-refractivity contribution in [3.8, 4) is 0 Å². The first kappa shape index (κ1) is 42.8. The number of nitrogens with one attached hydrogen (secondary N) is 3. The van der Waals surface area contributed by atoms with Crippen molar-refractivity contribution in [1.82, 2.24) is 15.5 Å². The first-order chi connectivity index (χ1) is 23.8. The molecule has 280 valence electrons. The van der Waals surface area contributed by atoms with Crippen LogP contribution in [0.4, 0.5) is 0 Å². The van der Waals surface area contributed by atoms with Gasteiger partial charge in [0, 0.05) is 43.2 Å². The molecule has 1 aliphatic rings. The number of carbonyl (C=O) groups excluding carboxylic acids is 3. The van der Waals surface area contributed by atoms with Gasteiger partial charge in [-0.1, -0.05) is 101 Å². The van der Waals surface area contributed by atoms with Crippen molar-refractivity contribution in [1.29, 1.82) is 5.41 Å². The summed E-state index contributed by atoms with van der Waals surface area (Å²) >= 11 is 1.27.